The van der Waals surface area contributed by atoms with Crippen molar-refractivity contribution >= 4 is 23.7 Å². The minimum Gasteiger partial charge on any atom is -0.487 e. The molecule has 3 heterocycles. The fraction of sp³-hybridized carbons (Fsp3) is 0.407. The van der Waals surface area contributed by atoms with E-state index in [1.165, 1.54) is 31.2 Å². The van der Waals surface area contributed by atoms with E-state index in [1.807, 2.05) is 36.7 Å². The van der Waals surface area contributed by atoms with Crippen molar-refractivity contribution in [2.75, 3.05) is 29.0 Å². The first-order valence-electron chi connectivity index (χ1n) is 11.9. The highest BCUT2D eigenvalue weighted by molar-refractivity contribution is 7.99. The number of benzene rings is 1. The van der Waals surface area contributed by atoms with Crippen LogP contribution in [0, 0.1) is 16.7 Å². The van der Waals surface area contributed by atoms with Crippen molar-refractivity contribution in [3.05, 3.63) is 71.2 Å². The Bertz CT molecular complexity index is 1240. The van der Waals surface area contributed by atoms with Crippen LogP contribution in [0.1, 0.15) is 55.5 Å². The lowest BCUT2D eigenvalue weighted by atomic mass is 9.63. The number of aromatic nitrogens is 3. The number of ether oxygens (including phenoxy) is 1. The highest BCUT2D eigenvalue weighted by atomic mass is 32.2. The maximum absolute atomic E-state index is 9.84. The molecule has 2 fully saturated rings. The third kappa shape index (κ3) is 4.65. The van der Waals surface area contributed by atoms with Gasteiger partial charge in [-0.3, -0.25) is 4.72 Å². The number of rotatable bonds is 8. The Kier molecular flexibility index (Phi) is 6.28. The van der Waals surface area contributed by atoms with E-state index < -0.39 is 0 Å². The van der Waals surface area contributed by atoms with Gasteiger partial charge in [0.2, 0.25) is 5.95 Å². The molecule has 1 aromatic carbocycles. The Morgan fingerprint density at radius 2 is 1.91 bits per heavy atom. The Morgan fingerprint density at radius 1 is 1.14 bits per heavy atom. The lowest BCUT2D eigenvalue weighted by Gasteiger charge is -2.56. The molecule has 1 saturated heterocycles. The fourth-order valence-corrected chi connectivity index (χ4v) is 5.23. The van der Waals surface area contributed by atoms with Crippen LogP contribution in [-0.4, -0.2) is 34.3 Å². The number of pyridine rings is 1. The Hall–Kier alpha value is -3.31. The molecule has 5 rings (SSSR count). The van der Waals surface area contributed by atoms with E-state index in [1.54, 1.807) is 6.20 Å². The molecule has 0 amide bonds. The van der Waals surface area contributed by atoms with Gasteiger partial charge in [0.15, 0.2) is 0 Å². The van der Waals surface area contributed by atoms with E-state index in [0.717, 1.165) is 41.5 Å². The molecular formula is C27H30N6OS. The minimum atomic E-state index is -0.301. The zero-order chi connectivity index (χ0) is 24.5. The molecule has 0 unspecified atom stereocenters. The Balaban J connectivity index is 1.27. The molecule has 2 aromatic heterocycles. The van der Waals surface area contributed by atoms with Crippen molar-refractivity contribution in [1.29, 1.82) is 5.26 Å². The van der Waals surface area contributed by atoms with Gasteiger partial charge in [-0.1, -0.05) is 44.3 Å². The van der Waals surface area contributed by atoms with Gasteiger partial charge in [-0.05, 0) is 48.2 Å². The van der Waals surface area contributed by atoms with E-state index >= 15 is 0 Å². The highest BCUT2D eigenvalue weighted by Gasteiger charge is 2.48. The molecule has 35 heavy (non-hydrogen) atoms. The number of hydrogen-bond donors (Lipinski definition) is 1. The summed E-state index contributed by atoms with van der Waals surface area (Å²) < 4.78 is 8.97. The fourth-order valence-electron chi connectivity index (χ4n) is 4.95. The lowest BCUT2D eigenvalue weighted by molar-refractivity contribution is 0.0896. The normalized spacial score (nSPS) is 16.2. The maximum Gasteiger partial charge on any atom is 0.233 e. The molecule has 1 aliphatic carbocycles. The molecule has 2 aliphatic rings. The van der Waals surface area contributed by atoms with E-state index in [-0.39, 0.29) is 5.41 Å². The van der Waals surface area contributed by atoms with Crippen LogP contribution in [0.2, 0.25) is 0 Å². The predicted octanol–water partition coefficient (Wildman–Crippen LogP) is 5.33. The maximum atomic E-state index is 9.84. The van der Waals surface area contributed by atoms with Crippen LogP contribution < -0.4 is 14.4 Å². The molecule has 7 nitrogen and oxygen atoms in total. The van der Waals surface area contributed by atoms with Crippen LogP contribution in [0.3, 0.4) is 0 Å². The van der Waals surface area contributed by atoms with Crippen molar-refractivity contribution < 1.29 is 4.74 Å². The van der Waals surface area contributed by atoms with Gasteiger partial charge >= 0.3 is 0 Å². The summed E-state index contributed by atoms with van der Waals surface area (Å²) in [7, 11) is 0. The summed E-state index contributed by atoms with van der Waals surface area (Å²) in [5, 5.41) is 9.84. The van der Waals surface area contributed by atoms with Crippen LogP contribution in [0.5, 0.6) is 5.75 Å². The van der Waals surface area contributed by atoms with Gasteiger partial charge in [-0.2, -0.15) is 5.26 Å². The van der Waals surface area contributed by atoms with E-state index in [9.17, 15) is 5.26 Å². The largest absolute Gasteiger partial charge is 0.487 e. The first kappa shape index (κ1) is 23.4. The zero-order valence-electron chi connectivity index (χ0n) is 20.4. The first-order chi connectivity index (χ1) is 16.9. The summed E-state index contributed by atoms with van der Waals surface area (Å²) in [4.78, 5) is 15.6. The van der Waals surface area contributed by atoms with Gasteiger partial charge in [0.05, 0.1) is 11.3 Å². The van der Waals surface area contributed by atoms with Crippen molar-refractivity contribution in [3.63, 3.8) is 0 Å². The number of nitrogens with zero attached hydrogens (tertiary/aromatic N) is 5. The molecule has 0 bridgehead atoms. The monoisotopic (exact) mass is 486 g/mol. The zero-order valence-corrected chi connectivity index (χ0v) is 21.2. The number of nitriles is 1. The SMILES string of the molecule is CSNc1nccc(COc2ccc(C(C)(C)c3cnc(N4CC5(CCC5)C4)c(C#N)c3)cc2)n1. The smallest absolute Gasteiger partial charge is 0.233 e. The van der Waals surface area contributed by atoms with Crippen LogP contribution in [0.25, 0.3) is 0 Å². The summed E-state index contributed by atoms with van der Waals surface area (Å²) in [6, 6.07) is 14.3. The number of hydrogen-bond acceptors (Lipinski definition) is 8. The summed E-state index contributed by atoms with van der Waals surface area (Å²) >= 11 is 1.45. The molecule has 8 heteroatoms. The quantitative estimate of drug-likeness (QED) is 0.428. The average molecular weight is 487 g/mol. The molecular weight excluding hydrogens is 456 g/mol. The third-order valence-electron chi connectivity index (χ3n) is 7.34. The van der Waals surface area contributed by atoms with Gasteiger partial charge in [0.25, 0.3) is 0 Å². The molecule has 1 spiro atoms. The summed E-state index contributed by atoms with van der Waals surface area (Å²) in [5.41, 5.74) is 3.82. The summed E-state index contributed by atoms with van der Waals surface area (Å²) in [6.45, 7) is 6.75. The Morgan fingerprint density at radius 3 is 2.57 bits per heavy atom. The molecule has 180 valence electrons. The van der Waals surface area contributed by atoms with Gasteiger partial charge in [-0.15, -0.1) is 0 Å². The summed E-state index contributed by atoms with van der Waals surface area (Å²) in [6.07, 6.45) is 9.54. The first-order valence-corrected chi connectivity index (χ1v) is 13.1. The number of anilines is 2. The highest BCUT2D eigenvalue weighted by Crippen LogP contribution is 2.49. The second-order valence-corrected chi connectivity index (χ2v) is 10.6. The van der Waals surface area contributed by atoms with E-state index in [0.29, 0.717) is 23.5 Å². The Labute approximate surface area is 211 Å². The third-order valence-corrected chi connectivity index (χ3v) is 7.73. The summed E-state index contributed by atoms with van der Waals surface area (Å²) in [5.74, 6) is 2.18. The van der Waals surface area contributed by atoms with Gasteiger partial charge in [0, 0.05) is 42.6 Å². The predicted molar refractivity (Wildman–Crippen MR) is 140 cm³/mol. The second-order valence-electron chi connectivity index (χ2n) is 10.0. The average Bonchev–Trinajstić information content (AvgIpc) is 2.82. The van der Waals surface area contributed by atoms with Crippen LogP contribution in [-0.2, 0) is 12.0 Å². The van der Waals surface area contributed by atoms with E-state index in [2.05, 4.69) is 51.6 Å². The van der Waals surface area contributed by atoms with Crippen molar-refractivity contribution in [2.45, 2.75) is 45.1 Å². The van der Waals surface area contributed by atoms with E-state index in [4.69, 9.17) is 9.72 Å². The molecule has 0 atom stereocenters. The topological polar surface area (TPSA) is 87.0 Å². The van der Waals surface area contributed by atoms with Crippen LogP contribution in [0.15, 0.2) is 48.8 Å². The van der Waals surface area contributed by atoms with Crippen LogP contribution >= 0.6 is 11.9 Å². The van der Waals surface area contributed by atoms with Crippen molar-refractivity contribution in [3.8, 4) is 11.8 Å². The van der Waals surface area contributed by atoms with Gasteiger partial charge < -0.3 is 9.64 Å². The molecule has 3 aromatic rings. The number of nitrogens with one attached hydrogen (secondary N) is 1. The van der Waals surface area contributed by atoms with Crippen molar-refractivity contribution in [2.24, 2.45) is 5.41 Å². The minimum absolute atomic E-state index is 0.301. The van der Waals surface area contributed by atoms with Gasteiger partial charge in [0.1, 0.15) is 24.2 Å². The van der Waals surface area contributed by atoms with Gasteiger partial charge in [-0.25, -0.2) is 15.0 Å². The van der Waals surface area contributed by atoms with Crippen molar-refractivity contribution in [1.82, 2.24) is 15.0 Å². The molecule has 1 saturated carbocycles. The van der Waals surface area contributed by atoms with Crippen LogP contribution in [0.4, 0.5) is 11.8 Å². The molecule has 0 radical (unpaired) electrons. The lowest BCUT2D eigenvalue weighted by Crippen LogP contribution is -2.60. The molecule has 1 aliphatic heterocycles. The standard InChI is InChI=1S/C27H30N6OS/c1-26(2,21-13-19(14-28)24(30-15-21)33-17-27(18-33)10-4-11-27)20-5-7-23(8-6-20)34-16-22-9-12-29-25(31-22)32-35-3/h5-9,12-13,15H,4,10-11,16-18H2,1-3H3,(H,29,31,32). The molecule has 1 N–H and O–H groups in total. The second kappa shape index (κ2) is 9.38.